The zero-order chi connectivity index (χ0) is 15.6. The lowest BCUT2D eigenvalue weighted by Crippen LogP contribution is -2.45. The van der Waals surface area contributed by atoms with Crippen LogP contribution >= 0.6 is 0 Å². The Hall–Kier alpha value is -2.50. The fraction of sp³-hybridized carbons (Fsp3) is 0.133. The van der Waals surface area contributed by atoms with Gasteiger partial charge in [0.25, 0.3) is 0 Å². The van der Waals surface area contributed by atoms with Crippen LogP contribution in [0.15, 0.2) is 42.5 Å². The molecule has 0 aliphatic heterocycles. The summed E-state index contributed by atoms with van der Waals surface area (Å²) in [7, 11) is 0. The van der Waals surface area contributed by atoms with Crippen molar-refractivity contribution in [3.63, 3.8) is 0 Å². The smallest absolute Gasteiger partial charge is 0.247 e. The molecule has 0 heterocycles. The van der Waals surface area contributed by atoms with Crippen molar-refractivity contribution in [1.82, 2.24) is 0 Å². The maximum absolute atomic E-state index is 13.4. The summed E-state index contributed by atoms with van der Waals surface area (Å²) in [6.45, 7) is 1.41. The summed E-state index contributed by atoms with van der Waals surface area (Å²) < 4.78 is 39.6. The molecule has 3 N–H and O–H groups in total. The molecule has 21 heavy (non-hydrogen) atoms. The molecule has 0 aliphatic rings. The summed E-state index contributed by atoms with van der Waals surface area (Å²) in [6.07, 6.45) is 0. The number of nitrogens with two attached hydrogens (primary N) is 1. The Morgan fingerprint density at radius 1 is 1.10 bits per heavy atom. The van der Waals surface area contributed by atoms with Crippen molar-refractivity contribution in [1.29, 1.82) is 0 Å². The van der Waals surface area contributed by atoms with Gasteiger partial charge in [0.05, 0.1) is 0 Å². The minimum absolute atomic E-state index is 0.137. The van der Waals surface area contributed by atoms with Crippen LogP contribution in [-0.2, 0) is 10.3 Å². The maximum Gasteiger partial charge on any atom is 0.247 e. The van der Waals surface area contributed by atoms with Crippen LogP contribution in [0.2, 0.25) is 0 Å². The largest absolute Gasteiger partial charge is 0.368 e. The first-order valence-corrected chi connectivity index (χ1v) is 6.12. The molecular formula is C15H13F3N2O. The Bertz CT molecular complexity index is 690. The van der Waals surface area contributed by atoms with Crippen molar-refractivity contribution >= 4 is 11.6 Å². The van der Waals surface area contributed by atoms with Gasteiger partial charge in [0.15, 0.2) is 11.6 Å². The lowest BCUT2D eigenvalue weighted by Gasteiger charge is -2.29. The molecule has 1 atom stereocenters. The van der Waals surface area contributed by atoms with Crippen LogP contribution < -0.4 is 11.1 Å². The molecule has 0 radical (unpaired) electrons. The molecule has 0 aliphatic carbocycles. The van der Waals surface area contributed by atoms with Crippen LogP contribution in [-0.4, -0.2) is 5.91 Å². The highest BCUT2D eigenvalue weighted by Crippen LogP contribution is 2.27. The average Bonchev–Trinajstić information content (AvgIpc) is 2.41. The second-order valence-electron chi connectivity index (χ2n) is 4.75. The maximum atomic E-state index is 13.4. The molecule has 2 aromatic carbocycles. The topological polar surface area (TPSA) is 55.1 Å². The van der Waals surface area contributed by atoms with Gasteiger partial charge in [-0.3, -0.25) is 4.79 Å². The Morgan fingerprint density at radius 2 is 1.81 bits per heavy atom. The van der Waals surface area contributed by atoms with Crippen LogP contribution in [0.4, 0.5) is 18.9 Å². The van der Waals surface area contributed by atoms with Gasteiger partial charge >= 0.3 is 0 Å². The quantitative estimate of drug-likeness (QED) is 0.911. The van der Waals surface area contributed by atoms with Crippen LogP contribution in [0.1, 0.15) is 12.5 Å². The van der Waals surface area contributed by atoms with Crippen LogP contribution in [0.5, 0.6) is 0 Å². The number of benzene rings is 2. The van der Waals surface area contributed by atoms with E-state index in [1.165, 1.54) is 37.3 Å². The fourth-order valence-corrected chi connectivity index (χ4v) is 1.94. The SMILES string of the molecule is CC(Nc1cccc(F)c1)(C(N)=O)c1ccc(F)c(F)c1. The molecule has 0 saturated carbocycles. The van der Waals surface area contributed by atoms with E-state index in [0.29, 0.717) is 5.69 Å². The van der Waals surface area contributed by atoms with Crippen LogP contribution in [0.25, 0.3) is 0 Å². The third-order valence-corrected chi connectivity index (χ3v) is 3.21. The molecule has 0 spiro atoms. The second-order valence-corrected chi connectivity index (χ2v) is 4.75. The number of hydrogen-bond donors (Lipinski definition) is 2. The first kappa shape index (κ1) is 14.9. The summed E-state index contributed by atoms with van der Waals surface area (Å²) in [6, 6.07) is 8.42. The molecule has 2 aromatic rings. The number of amides is 1. The second kappa shape index (κ2) is 5.47. The van der Waals surface area contributed by atoms with Gasteiger partial charge in [0, 0.05) is 5.69 Å². The lowest BCUT2D eigenvalue weighted by atomic mass is 9.90. The minimum atomic E-state index is -1.51. The van der Waals surface area contributed by atoms with Crippen LogP contribution in [0, 0.1) is 17.5 Å². The van der Waals surface area contributed by atoms with Crippen molar-refractivity contribution < 1.29 is 18.0 Å². The minimum Gasteiger partial charge on any atom is -0.368 e. The standard InChI is InChI=1S/C15H13F3N2O/c1-15(14(19)21,9-5-6-12(17)13(18)7-9)20-11-4-2-3-10(16)8-11/h2-8,20H,1H3,(H2,19,21). The van der Waals surface area contributed by atoms with Gasteiger partial charge in [-0.1, -0.05) is 12.1 Å². The van der Waals surface area contributed by atoms with Crippen molar-refractivity contribution in [2.75, 3.05) is 5.32 Å². The van der Waals surface area contributed by atoms with E-state index in [1.54, 1.807) is 0 Å². The van der Waals surface area contributed by atoms with Gasteiger partial charge in [-0.2, -0.15) is 0 Å². The lowest BCUT2D eigenvalue weighted by molar-refractivity contribution is -0.122. The number of halogens is 3. The van der Waals surface area contributed by atoms with Gasteiger partial charge in [-0.15, -0.1) is 0 Å². The van der Waals surface area contributed by atoms with E-state index in [0.717, 1.165) is 12.1 Å². The van der Waals surface area contributed by atoms with Crippen molar-refractivity contribution in [3.05, 3.63) is 65.5 Å². The van der Waals surface area contributed by atoms with Gasteiger partial charge in [-0.05, 0) is 42.8 Å². The van der Waals surface area contributed by atoms with E-state index in [9.17, 15) is 18.0 Å². The Labute approximate surface area is 119 Å². The zero-order valence-electron chi connectivity index (χ0n) is 11.2. The normalized spacial score (nSPS) is 13.5. The van der Waals surface area contributed by atoms with E-state index >= 15 is 0 Å². The summed E-state index contributed by atoms with van der Waals surface area (Å²) >= 11 is 0. The molecule has 110 valence electrons. The summed E-state index contributed by atoms with van der Waals surface area (Å²) in [5.74, 6) is -3.44. The summed E-state index contributed by atoms with van der Waals surface area (Å²) in [5, 5.41) is 2.75. The van der Waals surface area contributed by atoms with Gasteiger partial charge < -0.3 is 11.1 Å². The molecule has 2 rings (SSSR count). The zero-order valence-corrected chi connectivity index (χ0v) is 11.2. The fourth-order valence-electron chi connectivity index (χ4n) is 1.94. The Morgan fingerprint density at radius 3 is 2.38 bits per heavy atom. The number of hydrogen-bond acceptors (Lipinski definition) is 2. The number of carbonyl (C=O) groups excluding carboxylic acids is 1. The van der Waals surface area contributed by atoms with E-state index in [4.69, 9.17) is 5.73 Å². The first-order chi connectivity index (χ1) is 9.83. The Balaban J connectivity index is 2.45. The molecule has 0 bridgehead atoms. The van der Waals surface area contributed by atoms with Gasteiger partial charge in [0.1, 0.15) is 11.4 Å². The molecule has 1 unspecified atom stereocenters. The molecule has 3 nitrogen and oxygen atoms in total. The molecule has 1 amide bonds. The van der Waals surface area contributed by atoms with Gasteiger partial charge in [-0.25, -0.2) is 13.2 Å². The van der Waals surface area contributed by atoms with Crippen LogP contribution in [0.3, 0.4) is 0 Å². The molecule has 0 aromatic heterocycles. The number of primary amides is 1. The monoisotopic (exact) mass is 294 g/mol. The molecular weight excluding hydrogens is 281 g/mol. The molecule has 0 fully saturated rings. The van der Waals surface area contributed by atoms with Crippen molar-refractivity contribution in [3.8, 4) is 0 Å². The summed E-state index contributed by atoms with van der Waals surface area (Å²) in [4.78, 5) is 11.8. The highest BCUT2D eigenvalue weighted by Gasteiger charge is 2.34. The highest BCUT2D eigenvalue weighted by atomic mass is 19.2. The van der Waals surface area contributed by atoms with Gasteiger partial charge in [0.2, 0.25) is 5.91 Å². The average molecular weight is 294 g/mol. The van der Waals surface area contributed by atoms with Crippen molar-refractivity contribution in [2.45, 2.75) is 12.5 Å². The predicted octanol–water partition coefficient (Wildman–Crippen LogP) is 2.92. The number of nitrogens with one attached hydrogen (secondary N) is 1. The van der Waals surface area contributed by atoms with E-state index < -0.39 is 28.9 Å². The number of rotatable bonds is 4. The Kier molecular flexibility index (Phi) is 3.88. The third kappa shape index (κ3) is 2.99. The molecule has 6 heteroatoms. The third-order valence-electron chi connectivity index (χ3n) is 3.21. The van der Waals surface area contributed by atoms with E-state index in [-0.39, 0.29) is 5.56 Å². The van der Waals surface area contributed by atoms with E-state index in [2.05, 4.69) is 5.32 Å². The van der Waals surface area contributed by atoms with E-state index in [1.807, 2.05) is 0 Å². The number of anilines is 1. The van der Waals surface area contributed by atoms with Crippen molar-refractivity contribution in [2.24, 2.45) is 5.73 Å². The number of carbonyl (C=O) groups is 1. The highest BCUT2D eigenvalue weighted by molar-refractivity contribution is 5.89. The first-order valence-electron chi connectivity index (χ1n) is 6.12. The summed E-state index contributed by atoms with van der Waals surface area (Å²) in [5.41, 5.74) is 4.28. The molecule has 0 saturated heterocycles. The predicted molar refractivity (Wildman–Crippen MR) is 72.9 cm³/mol.